The third kappa shape index (κ3) is 0.430. The summed E-state index contributed by atoms with van der Waals surface area (Å²) in [5.41, 5.74) is 1.02. The predicted molar refractivity (Wildman–Crippen MR) is 38.5 cm³/mol. The highest BCUT2D eigenvalue weighted by atomic mass is 16.6. The van der Waals surface area contributed by atoms with Gasteiger partial charge in [0.05, 0.1) is 11.7 Å². The highest BCUT2D eigenvalue weighted by Gasteiger charge is 2.70. The molecule has 1 nitrogen and oxygen atoms in total. The Morgan fingerprint density at radius 2 is 2.40 bits per heavy atom. The summed E-state index contributed by atoms with van der Waals surface area (Å²) >= 11 is 0. The molecule has 2 aliphatic carbocycles. The number of rotatable bonds is 1. The first kappa shape index (κ1) is 5.59. The SMILES string of the molecule is C[CH]C12CCC3(C1)OC3C2. The zero-order valence-corrected chi connectivity index (χ0v) is 6.39. The van der Waals surface area contributed by atoms with Crippen LogP contribution in [0.1, 0.15) is 32.6 Å². The summed E-state index contributed by atoms with van der Waals surface area (Å²) < 4.78 is 5.64. The second kappa shape index (κ2) is 1.29. The molecule has 0 aromatic rings. The molecule has 10 heavy (non-hydrogen) atoms. The highest BCUT2D eigenvalue weighted by molar-refractivity contribution is 5.23. The van der Waals surface area contributed by atoms with E-state index in [1.807, 2.05) is 0 Å². The summed E-state index contributed by atoms with van der Waals surface area (Å²) in [5.74, 6) is 0. The van der Waals surface area contributed by atoms with E-state index in [4.69, 9.17) is 4.74 Å². The molecule has 0 aromatic heterocycles. The molecule has 0 N–H and O–H groups in total. The van der Waals surface area contributed by atoms with Crippen LogP contribution >= 0.6 is 0 Å². The maximum Gasteiger partial charge on any atom is 0.0954 e. The van der Waals surface area contributed by atoms with Crippen molar-refractivity contribution in [3.05, 3.63) is 6.42 Å². The van der Waals surface area contributed by atoms with Gasteiger partial charge in [0.2, 0.25) is 0 Å². The van der Waals surface area contributed by atoms with Crippen molar-refractivity contribution < 1.29 is 4.74 Å². The molecule has 1 aliphatic heterocycles. The standard InChI is InChI=1S/C9H13O/c1-2-8-3-4-9(6-8)7(5-8)10-9/h2,7H,3-6H2,1H3. The van der Waals surface area contributed by atoms with Crippen LogP contribution in [0, 0.1) is 11.8 Å². The molecule has 3 rings (SSSR count). The molecule has 1 heteroatoms. The number of ether oxygens (including phenoxy) is 1. The Hall–Kier alpha value is -0.0400. The highest BCUT2D eigenvalue weighted by Crippen LogP contribution is 2.68. The van der Waals surface area contributed by atoms with Gasteiger partial charge in [0.15, 0.2) is 0 Å². The van der Waals surface area contributed by atoms with Crippen molar-refractivity contribution in [1.82, 2.24) is 0 Å². The lowest BCUT2D eigenvalue weighted by atomic mass is 9.82. The van der Waals surface area contributed by atoms with Gasteiger partial charge in [-0.1, -0.05) is 6.92 Å². The Morgan fingerprint density at radius 3 is 2.80 bits per heavy atom. The summed E-state index contributed by atoms with van der Waals surface area (Å²) in [4.78, 5) is 0. The van der Waals surface area contributed by atoms with Crippen LogP contribution in [0.2, 0.25) is 0 Å². The van der Waals surface area contributed by atoms with E-state index >= 15 is 0 Å². The molecule has 2 saturated carbocycles. The van der Waals surface area contributed by atoms with Crippen molar-refractivity contribution in [2.24, 2.45) is 5.41 Å². The molecule has 55 valence electrons. The molecule has 1 spiro atoms. The van der Waals surface area contributed by atoms with Crippen LogP contribution in [0.3, 0.4) is 0 Å². The summed E-state index contributed by atoms with van der Waals surface area (Å²) in [6, 6.07) is 0. The largest absolute Gasteiger partial charge is 0.366 e. The molecule has 2 bridgehead atoms. The Kier molecular flexibility index (Phi) is 0.722. The first-order valence-electron chi connectivity index (χ1n) is 4.27. The zero-order chi connectivity index (χ0) is 6.82. The summed E-state index contributed by atoms with van der Waals surface area (Å²) in [7, 11) is 0. The number of hydrogen-bond acceptors (Lipinski definition) is 1. The molecular formula is C9H13O. The maximum atomic E-state index is 5.64. The van der Waals surface area contributed by atoms with Crippen LogP contribution in [-0.4, -0.2) is 11.7 Å². The molecule has 0 amide bonds. The van der Waals surface area contributed by atoms with Gasteiger partial charge in [-0.05, 0) is 37.5 Å². The second-order valence-electron chi connectivity index (χ2n) is 4.20. The fourth-order valence-electron chi connectivity index (χ4n) is 2.99. The third-order valence-electron chi connectivity index (χ3n) is 3.81. The third-order valence-corrected chi connectivity index (χ3v) is 3.81. The fourth-order valence-corrected chi connectivity index (χ4v) is 2.99. The van der Waals surface area contributed by atoms with Crippen molar-refractivity contribution in [3.8, 4) is 0 Å². The van der Waals surface area contributed by atoms with E-state index in [2.05, 4.69) is 13.3 Å². The Labute approximate surface area is 61.8 Å². The van der Waals surface area contributed by atoms with Crippen LogP contribution in [0.15, 0.2) is 0 Å². The second-order valence-corrected chi connectivity index (χ2v) is 4.20. The number of fused-ring (bicyclic) bond motifs is 1. The van der Waals surface area contributed by atoms with Gasteiger partial charge in [-0.25, -0.2) is 0 Å². The monoisotopic (exact) mass is 137 g/mol. The quantitative estimate of drug-likeness (QED) is 0.503. The van der Waals surface area contributed by atoms with E-state index in [0.717, 1.165) is 0 Å². The zero-order valence-electron chi connectivity index (χ0n) is 6.39. The molecule has 1 heterocycles. The van der Waals surface area contributed by atoms with Gasteiger partial charge in [-0.2, -0.15) is 0 Å². The van der Waals surface area contributed by atoms with Gasteiger partial charge in [0.1, 0.15) is 0 Å². The molecule has 3 atom stereocenters. The summed E-state index contributed by atoms with van der Waals surface area (Å²) in [6.07, 6.45) is 8.46. The first-order valence-corrected chi connectivity index (χ1v) is 4.27. The van der Waals surface area contributed by atoms with E-state index < -0.39 is 0 Å². The van der Waals surface area contributed by atoms with Crippen LogP contribution in [-0.2, 0) is 4.74 Å². The van der Waals surface area contributed by atoms with Crippen molar-refractivity contribution in [2.45, 2.75) is 44.3 Å². The normalized spacial score (nSPS) is 62.7. The van der Waals surface area contributed by atoms with Crippen LogP contribution in [0.5, 0.6) is 0 Å². The van der Waals surface area contributed by atoms with Crippen LogP contribution < -0.4 is 0 Å². The average molecular weight is 137 g/mol. The minimum Gasteiger partial charge on any atom is -0.366 e. The molecule has 3 unspecified atom stereocenters. The van der Waals surface area contributed by atoms with Gasteiger partial charge < -0.3 is 4.74 Å². The molecule has 3 fully saturated rings. The molecule has 1 saturated heterocycles. The molecular weight excluding hydrogens is 124 g/mol. The van der Waals surface area contributed by atoms with E-state index in [1.54, 1.807) is 0 Å². The molecule has 3 aliphatic rings. The van der Waals surface area contributed by atoms with Gasteiger partial charge in [-0.3, -0.25) is 0 Å². The Morgan fingerprint density at radius 1 is 1.50 bits per heavy atom. The topological polar surface area (TPSA) is 12.5 Å². The van der Waals surface area contributed by atoms with E-state index in [1.165, 1.54) is 25.7 Å². The number of hydrogen-bond donors (Lipinski definition) is 0. The van der Waals surface area contributed by atoms with Gasteiger partial charge in [-0.15, -0.1) is 0 Å². The summed E-state index contributed by atoms with van der Waals surface area (Å²) in [5, 5.41) is 0. The summed E-state index contributed by atoms with van der Waals surface area (Å²) in [6.45, 7) is 2.21. The van der Waals surface area contributed by atoms with Gasteiger partial charge >= 0.3 is 0 Å². The van der Waals surface area contributed by atoms with E-state index in [9.17, 15) is 0 Å². The lowest BCUT2D eigenvalue weighted by molar-refractivity contribution is 0.218. The van der Waals surface area contributed by atoms with Crippen LogP contribution in [0.25, 0.3) is 0 Å². The molecule has 1 radical (unpaired) electrons. The van der Waals surface area contributed by atoms with Crippen molar-refractivity contribution in [2.75, 3.05) is 0 Å². The van der Waals surface area contributed by atoms with Gasteiger partial charge in [0.25, 0.3) is 0 Å². The lowest BCUT2D eigenvalue weighted by Crippen LogP contribution is -2.15. The van der Waals surface area contributed by atoms with E-state index in [0.29, 0.717) is 17.1 Å². The predicted octanol–water partition coefficient (Wildman–Crippen LogP) is 1.92. The minimum atomic E-state index is 0.409. The van der Waals surface area contributed by atoms with Crippen molar-refractivity contribution in [1.29, 1.82) is 0 Å². The fraction of sp³-hybridized carbons (Fsp3) is 0.889. The number of epoxide rings is 1. The van der Waals surface area contributed by atoms with Gasteiger partial charge in [0, 0.05) is 0 Å². The van der Waals surface area contributed by atoms with E-state index in [-0.39, 0.29) is 0 Å². The van der Waals surface area contributed by atoms with Crippen molar-refractivity contribution in [3.63, 3.8) is 0 Å². The average Bonchev–Trinajstić information content (AvgIpc) is 2.37. The maximum absolute atomic E-state index is 5.64. The Bertz CT molecular complexity index is 189. The smallest absolute Gasteiger partial charge is 0.0954 e. The molecule has 0 aromatic carbocycles. The first-order chi connectivity index (χ1) is 4.79. The van der Waals surface area contributed by atoms with Crippen LogP contribution in [0.4, 0.5) is 0 Å². The minimum absolute atomic E-state index is 0.409. The Balaban J connectivity index is 1.96. The lowest BCUT2D eigenvalue weighted by Gasteiger charge is -2.23. The van der Waals surface area contributed by atoms with Crippen molar-refractivity contribution >= 4 is 0 Å².